The zero-order valence-corrected chi connectivity index (χ0v) is 16.1. The van der Waals surface area contributed by atoms with E-state index in [9.17, 15) is 4.39 Å². The van der Waals surface area contributed by atoms with E-state index in [0.29, 0.717) is 11.8 Å². The Morgan fingerprint density at radius 2 is 1.72 bits per heavy atom. The van der Waals surface area contributed by atoms with Gasteiger partial charge in [0.1, 0.15) is 11.6 Å². The van der Waals surface area contributed by atoms with Gasteiger partial charge in [-0.05, 0) is 61.8 Å². The molecule has 2 heterocycles. The summed E-state index contributed by atoms with van der Waals surface area (Å²) in [5.74, 6) is 0.875. The van der Waals surface area contributed by atoms with E-state index in [1.807, 2.05) is 18.2 Å². The van der Waals surface area contributed by atoms with Crippen molar-refractivity contribution in [2.24, 2.45) is 5.73 Å². The molecule has 3 aromatic rings. The number of nitrogens with one attached hydrogen (secondary N) is 3. The van der Waals surface area contributed by atoms with Gasteiger partial charge >= 0.3 is 0 Å². The smallest absolute Gasteiger partial charge is 0.225 e. The number of nitrogens with two attached hydrogens (primary N) is 1. The van der Waals surface area contributed by atoms with E-state index in [1.54, 1.807) is 24.4 Å². The lowest BCUT2D eigenvalue weighted by molar-refractivity contribution is 0.286. The zero-order chi connectivity index (χ0) is 20.1. The van der Waals surface area contributed by atoms with Crippen LogP contribution in [0.5, 0.6) is 0 Å². The average Bonchev–Trinajstić information content (AvgIpc) is 2.76. The van der Waals surface area contributed by atoms with E-state index in [-0.39, 0.29) is 17.4 Å². The Bertz CT molecular complexity index is 926. The van der Waals surface area contributed by atoms with E-state index in [4.69, 9.17) is 5.73 Å². The fourth-order valence-corrected chi connectivity index (χ4v) is 3.76. The summed E-state index contributed by atoms with van der Waals surface area (Å²) < 4.78 is 13.1. The second-order valence-electron chi connectivity index (χ2n) is 7.32. The Labute approximate surface area is 169 Å². The maximum absolute atomic E-state index is 13.1. The summed E-state index contributed by atoms with van der Waals surface area (Å²) in [4.78, 5) is 9.01. The molecule has 1 atom stereocenters. The van der Waals surface area contributed by atoms with Gasteiger partial charge in [0.2, 0.25) is 5.95 Å². The van der Waals surface area contributed by atoms with Gasteiger partial charge in [0.25, 0.3) is 0 Å². The number of halogens is 1. The van der Waals surface area contributed by atoms with Crippen LogP contribution in [0.2, 0.25) is 0 Å². The number of hydrogen-bond acceptors (Lipinski definition) is 6. The first-order valence-electron chi connectivity index (χ1n) is 9.80. The third-order valence-electron chi connectivity index (χ3n) is 5.38. The molecule has 1 saturated heterocycles. The second-order valence-corrected chi connectivity index (χ2v) is 7.32. The minimum atomic E-state index is -0.346. The van der Waals surface area contributed by atoms with Gasteiger partial charge in [0.15, 0.2) is 0 Å². The van der Waals surface area contributed by atoms with E-state index >= 15 is 0 Å². The largest absolute Gasteiger partial charge is 0.347 e. The first kappa shape index (κ1) is 19.3. The summed E-state index contributed by atoms with van der Waals surface area (Å²) >= 11 is 0. The predicted octanol–water partition coefficient (Wildman–Crippen LogP) is 3.59. The number of hydrogen-bond donors (Lipinski definition) is 4. The van der Waals surface area contributed by atoms with E-state index in [0.717, 1.165) is 37.2 Å². The predicted molar refractivity (Wildman–Crippen MR) is 114 cm³/mol. The van der Waals surface area contributed by atoms with Crippen molar-refractivity contribution in [1.82, 2.24) is 15.3 Å². The van der Waals surface area contributed by atoms with Crippen LogP contribution >= 0.6 is 0 Å². The van der Waals surface area contributed by atoms with Crippen LogP contribution in [0, 0.1) is 5.82 Å². The highest BCUT2D eigenvalue weighted by Gasteiger charge is 2.39. The minimum absolute atomic E-state index is 0.192. The molecule has 7 heteroatoms. The Balaban J connectivity index is 1.57. The summed E-state index contributed by atoms with van der Waals surface area (Å²) in [6.07, 6.45) is 3.42. The number of nitrogens with zero attached hydrogens (tertiary/aromatic N) is 2. The SMILES string of the molecule is N[C@H](c1ccccc1)C1(Nc2nccc(Nc3ccc(F)cc3)n2)CCNCC1. The van der Waals surface area contributed by atoms with Crippen molar-refractivity contribution >= 4 is 17.5 Å². The third-order valence-corrected chi connectivity index (χ3v) is 5.38. The molecule has 0 bridgehead atoms. The summed E-state index contributed by atoms with van der Waals surface area (Å²) in [5, 5.41) is 10.1. The Hall–Kier alpha value is -3.03. The molecule has 1 aliphatic rings. The molecular formula is C22H25FN6. The van der Waals surface area contributed by atoms with Crippen molar-refractivity contribution in [3.63, 3.8) is 0 Å². The van der Waals surface area contributed by atoms with Crippen molar-refractivity contribution < 1.29 is 4.39 Å². The topological polar surface area (TPSA) is 87.9 Å². The molecule has 5 N–H and O–H groups in total. The van der Waals surface area contributed by atoms with Crippen LogP contribution < -0.4 is 21.7 Å². The summed E-state index contributed by atoms with van der Waals surface area (Å²) in [6, 6.07) is 17.9. The first-order valence-corrected chi connectivity index (χ1v) is 9.80. The average molecular weight is 392 g/mol. The minimum Gasteiger partial charge on any atom is -0.347 e. The van der Waals surface area contributed by atoms with Gasteiger partial charge in [-0.3, -0.25) is 0 Å². The lowest BCUT2D eigenvalue weighted by Gasteiger charge is -2.43. The van der Waals surface area contributed by atoms with Crippen LogP contribution in [0.1, 0.15) is 24.4 Å². The molecule has 1 aromatic heterocycles. The lowest BCUT2D eigenvalue weighted by Crippen LogP contribution is -2.54. The molecule has 4 rings (SSSR count). The molecule has 0 radical (unpaired) electrons. The molecule has 29 heavy (non-hydrogen) atoms. The van der Waals surface area contributed by atoms with Crippen LogP contribution in [0.3, 0.4) is 0 Å². The van der Waals surface area contributed by atoms with Crippen LogP contribution in [-0.2, 0) is 0 Å². The molecule has 2 aromatic carbocycles. The lowest BCUT2D eigenvalue weighted by atomic mass is 9.78. The monoisotopic (exact) mass is 392 g/mol. The fourth-order valence-electron chi connectivity index (χ4n) is 3.76. The first-order chi connectivity index (χ1) is 14.1. The Morgan fingerprint density at radius 3 is 2.45 bits per heavy atom. The molecule has 0 spiro atoms. The van der Waals surface area contributed by atoms with E-state index < -0.39 is 0 Å². The quantitative estimate of drug-likeness (QED) is 0.513. The molecule has 0 unspecified atom stereocenters. The molecule has 0 aliphatic carbocycles. The van der Waals surface area contributed by atoms with Gasteiger partial charge in [-0.1, -0.05) is 30.3 Å². The maximum atomic E-state index is 13.1. The van der Waals surface area contributed by atoms with Crippen LogP contribution in [0.15, 0.2) is 66.9 Å². The van der Waals surface area contributed by atoms with Crippen LogP contribution in [-0.4, -0.2) is 28.6 Å². The highest BCUT2D eigenvalue weighted by Crippen LogP contribution is 2.34. The summed E-state index contributed by atoms with van der Waals surface area (Å²) in [7, 11) is 0. The van der Waals surface area contributed by atoms with Gasteiger partial charge in [0, 0.05) is 11.9 Å². The molecule has 1 aliphatic heterocycles. The number of benzene rings is 2. The molecule has 0 amide bonds. The third kappa shape index (κ3) is 4.52. The highest BCUT2D eigenvalue weighted by atomic mass is 19.1. The maximum Gasteiger partial charge on any atom is 0.225 e. The summed E-state index contributed by atoms with van der Waals surface area (Å²) in [5.41, 5.74) is 8.23. The van der Waals surface area contributed by atoms with Gasteiger partial charge in [-0.15, -0.1) is 0 Å². The van der Waals surface area contributed by atoms with Crippen LogP contribution in [0.25, 0.3) is 0 Å². The Kier molecular flexibility index (Phi) is 5.69. The van der Waals surface area contributed by atoms with Crippen molar-refractivity contribution in [2.45, 2.75) is 24.4 Å². The molecule has 6 nitrogen and oxygen atoms in total. The highest BCUT2D eigenvalue weighted by molar-refractivity contribution is 5.56. The number of rotatable bonds is 6. The number of aromatic nitrogens is 2. The Morgan fingerprint density at radius 1 is 1.00 bits per heavy atom. The van der Waals surface area contributed by atoms with Gasteiger partial charge in [0.05, 0.1) is 11.6 Å². The van der Waals surface area contributed by atoms with Gasteiger partial charge < -0.3 is 21.7 Å². The van der Waals surface area contributed by atoms with Gasteiger partial charge in [-0.2, -0.15) is 4.98 Å². The summed E-state index contributed by atoms with van der Waals surface area (Å²) in [6.45, 7) is 1.75. The van der Waals surface area contributed by atoms with Crippen molar-refractivity contribution in [3.8, 4) is 0 Å². The standard InChI is InChI=1S/C22H25FN6/c23-17-6-8-18(9-7-17)27-19-10-13-26-21(28-19)29-22(11-14-25-15-12-22)20(24)16-4-2-1-3-5-16/h1-10,13,20,25H,11-12,14-15,24H2,(H2,26,27,28,29)/t20-/m1/s1. The van der Waals surface area contributed by atoms with E-state index in [1.165, 1.54) is 12.1 Å². The van der Waals surface area contributed by atoms with E-state index in [2.05, 4.69) is 38.1 Å². The van der Waals surface area contributed by atoms with Crippen molar-refractivity contribution in [2.75, 3.05) is 23.7 Å². The number of piperidine rings is 1. The molecule has 150 valence electrons. The number of anilines is 3. The fraction of sp³-hybridized carbons (Fsp3) is 0.273. The van der Waals surface area contributed by atoms with Crippen molar-refractivity contribution in [1.29, 1.82) is 0 Å². The van der Waals surface area contributed by atoms with Gasteiger partial charge in [-0.25, -0.2) is 9.37 Å². The second kappa shape index (κ2) is 8.55. The molecule has 0 saturated carbocycles. The van der Waals surface area contributed by atoms with Crippen LogP contribution in [0.4, 0.5) is 21.8 Å². The molecule has 1 fully saturated rings. The molecular weight excluding hydrogens is 367 g/mol. The van der Waals surface area contributed by atoms with Crippen molar-refractivity contribution in [3.05, 3.63) is 78.2 Å². The normalized spacial score (nSPS) is 16.8. The zero-order valence-electron chi connectivity index (χ0n) is 16.1.